The monoisotopic (exact) mass is 412 g/mol. The highest BCUT2D eigenvalue weighted by Gasteiger charge is 2.11. The minimum absolute atomic E-state index is 0.589. The maximum Gasteiger partial charge on any atom is 0.346 e. The zero-order chi connectivity index (χ0) is 21.2. The molecular weight excluding hydrogens is 388 g/mol. The summed E-state index contributed by atoms with van der Waals surface area (Å²) in [5.41, 5.74) is 2.04. The van der Waals surface area contributed by atoms with E-state index in [1.807, 2.05) is 48.6 Å². The lowest BCUT2D eigenvalue weighted by Gasteiger charge is -2.12. The lowest BCUT2D eigenvalue weighted by atomic mass is 10.1. The summed E-state index contributed by atoms with van der Waals surface area (Å²) >= 11 is 0. The van der Waals surface area contributed by atoms with Crippen LogP contribution in [0.25, 0.3) is 12.2 Å². The van der Waals surface area contributed by atoms with Crippen LogP contribution in [0.2, 0.25) is 0 Å². The fourth-order valence-corrected chi connectivity index (χ4v) is 2.11. The first-order chi connectivity index (χ1) is 13.3. The zero-order valence-corrected chi connectivity index (χ0v) is 16.8. The van der Waals surface area contributed by atoms with Gasteiger partial charge in [0.25, 0.3) is 0 Å². The van der Waals surface area contributed by atoms with E-state index in [2.05, 4.69) is 5.84 Å². The molecule has 0 fully saturated rings. The number of ether oxygens (including phenoxy) is 4. The van der Waals surface area contributed by atoms with Crippen LogP contribution in [-0.4, -0.2) is 41.4 Å². The van der Waals surface area contributed by atoms with Crippen molar-refractivity contribution in [2.24, 2.45) is 5.84 Å². The number of hydrazine groups is 1. The molecule has 0 radical (unpaired) electrons. The molecule has 0 saturated carbocycles. The summed E-state index contributed by atoms with van der Waals surface area (Å²) in [6.45, 7) is 0. The molecule has 2 rings (SSSR count). The molecule has 9 nitrogen and oxygen atoms in total. The quantitative estimate of drug-likeness (QED) is 0.273. The molecule has 0 spiro atoms. The molecule has 2 aromatic rings. The number of nitrogens with one attached hydrogen (secondary N) is 1. The van der Waals surface area contributed by atoms with Crippen LogP contribution in [0.15, 0.2) is 36.4 Å². The van der Waals surface area contributed by atoms with Crippen molar-refractivity contribution in [2.45, 2.75) is 0 Å². The van der Waals surface area contributed by atoms with Gasteiger partial charge in [-0.15, -0.1) is 4.83 Å². The Morgan fingerprint density at radius 1 is 0.857 bits per heavy atom. The van der Waals surface area contributed by atoms with Gasteiger partial charge in [-0.2, -0.15) is 8.42 Å². The smallest absolute Gasteiger partial charge is 0.346 e. The molecule has 0 saturated heterocycles. The molecule has 10 heteroatoms. The maximum atomic E-state index is 9.32. The van der Waals surface area contributed by atoms with Crippen molar-refractivity contribution < 1.29 is 31.9 Å². The summed E-state index contributed by atoms with van der Waals surface area (Å²) in [5, 5.41) is 0. The van der Waals surface area contributed by atoms with Crippen molar-refractivity contribution in [3.05, 3.63) is 47.5 Å². The van der Waals surface area contributed by atoms with E-state index in [-0.39, 0.29) is 0 Å². The molecule has 0 amide bonds. The van der Waals surface area contributed by atoms with Gasteiger partial charge in [0, 0.05) is 0 Å². The van der Waals surface area contributed by atoms with Gasteiger partial charge in [-0.3, -0.25) is 10.4 Å². The number of nitrogens with two attached hydrogens (primary N) is 1. The van der Waals surface area contributed by atoms with Gasteiger partial charge in [0.05, 0.1) is 28.4 Å². The summed E-state index contributed by atoms with van der Waals surface area (Å²) in [6.07, 6.45) is 4.01. The Labute approximate surface area is 164 Å². The summed E-state index contributed by atoms with van der Waals surface area (Å²) in [5.74, 6) is 6.92. The van der Waals surface area contributed by atoms with E-state index >= 15 is 0 Å². The fraction of sp³-hybridized carbons (Fsp3) is 0.222. The van der Waals surface area contributed by atoms with E-state index < -0.39 is 10.3 Å². The third-order valence-corrected chi connectivity index (χ3v) is 3.72. The highest BCUT2D eigenvalue weighted by molar-refractivity contribution is 7.83. The van der Waals surface area contributed by atoms with Crippen molar-refractivity contribution in [3.8, 4) is 23.0 Å². The maximum absolute atomic E-state index is 9.32. The predicted octanol–water partition coefficient (Wildman–Crippen LogP) is 2.14. The lowest BCUT2D eigenvalue weighted by molar-refractivity contribution is 0.324. The van der Waals surface area contributed by atoms with Gasteiger partial charge in [0.1, 0.15) is 5.75 Å². The van der Waals surface area contributed by atoms with E-state index in [0.29, 0.717) is 17.2 Å². The average molecular weight is 412 g/mol. The molecule has 0 bridgehead atoms. The fourth-order valence-electron chi connectivity index (χ4n) is 2.11. The van der Waals surface area contributed by atoms with Crippen LogP contribution in [-0.2, 0) is 10.3 Å². The molecule has 0 aliphatic carbocycles. The van der Waals surface area contributed by atoms with Gasteiger partial charge >= 0.3 is 10.3 Å². The third kappa shape index (κ3) is 7.45. The molecule has 154 valence electrons. The second-order valence-corrected chi connectivity index (χ2v) is 6.34. The van der Waals surface area contributed by atoms with Crippen molar-refractivity contribution in [2.75, 3.05) is 28.4 Å². The molecule has 4 N–H and O–H groups in total. The van der Waals surface area contributed by atoms with E-state index in [1.165, 1.54) is 0 Å². The summed E-state index contributed by atoms with van der Waals surface area (Å²) in [7, 11) is 2.32. The summed E-state index contributed by atoms with van der Waals surface area (Å²) < 4.78 is 47.4. The van der Waals surface area contributed by atoms with Gasteiger partial charge in [0.15, 0.2) is 11.5 Å². The van der Waals surface area contributed by atoms with Crippen LogP contribution in [0.3, 0.4) is 0 Å². The number of benzene rings is 2. The minimum Gasteiger partial charge on any atom is -0.497 e. The molecule has 0 heterocycles. The topological polar surface area (TPSA) is 129 Å². The molecule has 0 atom stereocenters. The molecule has 28 heavy (non-hydrogen) atoms. The third-order valence-electron chi connectivity index (χ3n) is 3.42. The molecule has 0 aliphatic rings. The Bertz CT molecular complexity index is 856. The van der Waals surface area contributed by atoms with Crippen LogP contribution in [0.4, 0.5) is 0 Å². The second-order valence-electron chi connectivity index (χ2n) is 5.16. The van der Waals surface area contributed by atoms with Crippen LogP contribution in [0.1, 0.15) is 11.1 Å². The van der Waals surface area contributed by atoms with Crippen molar-refractivity contribution in [3.63, 3.8) is 0 Å². The average Bonchev–Trinajstić information content (AvgIpc) is 2.71. The highest BCUT2D eigenvalue weighted by atomic mass is 32.2. The normalized spacial score (nSPS) is 10.8. The number of methoxy groups -OCH3 is 4. The Hall–Kier alpha value is -2.79. The second kappa shape index (κ2) is 11.1. The zero-order valence-electron chi connectivity index (χ0n) is 16.0. The van der Waals surface area contributed by atoms with Gasteiger partial charge in [-0.05, 0) is 35.4 Å². The number of hydrogen-bond acceptors (Lipinski definition) is 7. The van der Waals surface area contributed by atoms with Crippen LogP contribution >= 0.6 is 0 Å². The minimum atomic E-state index is -4.13. The number of hydrogen-bond donors (Lipinski definition) is 3. The van der Waals surface area contributed by atoms with E-state index in [1.54, 1.807) is 28.4 Å². The molecular formula is C18H24N2O7S. The molecule has 2 aromatic carbocycles. The first-order valence-corrected chi connectivity index (χ1v) is 9.29. The van der Waals surface area contributed by atoms with E-state index in [0.717, 1.165) is 21.7 Å². The summed E-state index contributed by atoms with van der Waals surface area (Å²) in [4.78, 5) is 1.13. The Kier molecular flexibility index (Phi) is 9.25. The van der Waals surface area contributed by atoms with Crippen LogP contribution < -0.4 is 29.6 Å². The van der Waals surface area contributed by atoms with Crippen molar-refractivity contribution in [1.29, 1.82) is 0 Å². The van der Waals surface area contributed by atoms with Crippen LogP contribution in [0.5, 0.6) is 23.0 Å². The Balaban J connectivity index is 0.000000568. The van der Waals surface area contributed by atoms with Crippen molar-refractivity contribution in [1.82, 2.24) is 4.83 Å². The van der Waals surface area contributed by atoms with Gasteiger partial charge in [-0.1, -0.05) is 24.3 Å². The Morgan fingerprint density at radius 2 is 1.32 bits per heavy atom. The van der Waals surface area contributed by atoms with Gasteiger partial charge in [-0.25, -0.2) is 0 Å². The molecule has 0 aliphatic heterocycles. The largest absolute Gasteiger partial charge is 0.497 e. The molecule has 0 unspecified atom stereocenters. The summed E-state index contributed by atoms with van der Waals surface area (Å²) in [6, 6.07) is 11.6. The van der Waals surface area contributed by atoms with Gasteiger partial charge < -0.3 is 18.9 Å². The van der Waals surface area contributed by atoms with Crippen LogP contribution in [0, 0.1) is 0 Å². The Morgan fingerprint density at radius 3 is 1.68 bits per heavy atom. The van der Waals surface area contributed by atoms with Gasteiger partial charge in [0.2, 0.25) is 5.75 Å². The SMILES string of the molecule is COc1ccc(/C=C/c2cc(OC)c(OC)c(OC)c2)cc1.NNS(=O)(=O)O. The first kappa shape index (κ1) is 23.2. The first-order valence-electron chi connectivity index (χ1n) is 7.84. The van der Waals surface area contributed by atoms with E-state index in [4.69, 9.17) is 23.5 Å². The standard InChI is InChI=1S/C18H20O4.H4N2O3S/c1-19-15-9-7-13(8-10-15)5-6-14-11-16(20-2)18(22-4)17(12-14)21-3;1-2-6(3,4)5/h5-12H,1-4H3;2H,1H2,(H,3,4,5)/b6-5+;. The van der Waals surface area contributed by atoms with E-state index in [9.17, 15) is 8.42 Å². The number of rotatable bonds is 7. The highest BCUT2D eigenvalue weighted by Crippen LogP contribution is 2.38. The predicted molar refractivity (Wildman–Crippen MR) is 107 cm³/mol. The lowest BCUT2D eigenvalue weighted by Crippen LogP contribution is -2.29. The van der Waals surface area contributed by atoms with Crippen molar-refractivity contribution >= 4 is 22.5 Å². The molecule has 0 aromatic heterocycles.